The maximum absolute atomic E-state index is 13.6. The summed E-state index contributed by atoms with van der Waals surface area (Å²) in [5.74, 6) is -4.70. The van der Waals surface area contributed by atoms with E-state index < -0.39 is 45.7 Å². The Morgan fingerprint density at radius 1 is 1.42 bits per heavy atom. The average molecular weight is 273 g/mol. The first-order valence-corrected chi connectivity index (χ1v) is 4.97. The first kappa shape index (κ1) is 14.5. The predicted octanol–water partition coefficient (Wildman–Crippen LogP) is 0.477. The van der Waals surface area contributed by atoms with E-state index in [0.717, 1.165) is 0 Å². The van der Waals surface area contributed by atoms with E-state index in [1.807, 2.05) is 5.32 Å². The van der Waals surface area contributed by atoms with Gasteiger partial charge in [-0.15, -0.1) is 0 Å². The van der Waals surface area contributed by atoms with Crippen molar-refractivity contribution in [3.8, 4) is 0 Å². The van der Waals surface area contributed by atoms with E-state index in [2.05, 4.69) is 0 Å². The predicted molar refractivity (Wildman–Crippen MR) is 59.1 cm³/mol. The van der Waals surface area contributed by atoms with Crippen LogP contribution in [0.1, 0.15) is 17.3 Å². The normalized spacial score (nSPS) is 11.7. The SMILES string of the molecule is CC(NC(=O)c1cc(F)cc([N+](=O)[O-])c1F)C(N)=O. The molecule has 0 aliphatic carbocycles. The highest BCUT2D eigenvalue weighted by atomic mass is 19.1. The number of nitrogens with zero attached hydrogens (tertiary/aromatic N) is 1. The molecule has 0 saturated carbocycles. The van der Waals surface area contributed by atoms with E-state index in [-0.39, 0.29) is 0 Å². The number of halogens is 2. The van der Waals surface area contributed by atoms with E-state index >= 15 is 0 Å². The lowest BCUT2D eigenvalue weighted by Gasteiger charge is -2.10. The third kappa shape index (κ3) is 3.21. The summed E-state index contributed by atoms with van der Waals surface area (Å²) in [5, 5.41) is 12.5. The molecule has 0 radical (unpaired) electrons. The maximum Gasteiger partial charge on any atom is 0.308 e. The van der Waals surface area contributed by atoms with Gasteiger partial charge in [0.25, 0.3) is 5.91 Å². The monoisotopic (exact) mass is 273 g/mol. The van der Waals surface area contributed by atoms with Crippen molar-refractivity contribution in [2.45, 2.75) is 13.0 Å². The lowest BCUT2D eigenvalue weighted by atomic mass is 10.1. The van der Waals surface area contributed by atoms with Crippen LogP contribution >= 0.6 is 0 Å². The van der Waals surface area contributed by atoms with Crippen LogP contribution in [0, 0.1) is 21.7 Å². The Morgan fingerprint density at radius 3 is 2.47 bits per heavy atom. The van der Waals surface area contributed by atoms with Crippen LogP contribution in [-0.4, -0.2) is 22.8 Å². The van der Waals surface area contributed by atoms with Gasteiger partial charge in [-0.05, 0) is 13.0 Å². The van der Waals surface area contributed by atoms with E-state index in [1.54, 1.807) is 0 Å². The molecule has 1 unspecified atom stereocenters. The molecule has 102 valence electrons. The molecule has 19 heavy (non-hydrogen) atoms. The summed E-state index contributed by atoms with van der Waals surface area (Å²) in [4.78, 5) is 31.6. The molecule has 1 atom stereocenters. The van der Waals surface area contributed by atoms with Crippen LogP contribution in [0.15, 0.2) is 12.1 Å². The zero-order chi connectivity index (χ0) is 14.7. The molecule has 0 spiro atoms. The number of primary amides is 1. The number of hydrogen-bond acceptors (Lipinski definition) is 4. The summed E-state index contributed by atoms with van der Waals surface area (Å²) in [6.45, 7) is 1.23. The number of amides is 2. The molecular weight excluding hydrogens is 264 g/mol. The molecule has 0 aliphatic heterocycles. The van der Waals surface area contributed by atoms with Gasteiger partial charge >= 0.3 is 5.69 Å². The first-order chi connectivity index (χ1) is 8.73. The van der Waals surface area contributed by atoms with Crippen molar-refractivity contribution in [3.05, 3.63) is 39.4 Å². The number of nitrogens with two attached hydrogens (primary N) is 1. The van der Waals surface area contributed by atoms with Crippen LogP contribution in [0.5, 0.6) is 0 Å². The van der Waals surface area contributed by atoms with Gasteiger partial charge in [-0.3, -0.25) is 19.7 Å². The Morgan fingerprint density at radius 2 is 2.00 bits per heavy atom. The molecule has 0 aliphatic rings. The number of hydrogen-bond donors (Lipinski definition) is 2. The standard InChI is InChI=1S/C10H9F2N3O4/c1-4(9(13)16)14-10(17)6-2-5(11)3-7(8(6)12)15(18)19/h2-4H,1H3,(H2,13,16)(H,14,17). The van der Waals surface area contributed by atoms with Crippen LogP contribution in [0.25, 0.3) is 0 Å². The second-order valence-corrected chi connectivity index (χ2v) is 3.64. The Hall–Kier alpha value is -2.58. The van der Waals surface area contributed by atoms with Gasteiger partial charge in [0, 0.05) is 0 Å². The number of rotatable bonds is 4. The molecule has 1 rings (SSSR count). The molecule has 0 heterocycles. The molecule has 3 N–H and O–H groups in total. The van der Waals surface area contributed by atoms with Crippen LogP contribution in [-0.2, 0) is 4.79 Å². The van der Waals surface area contributed by atoms with Crippen molar-refractivity contribution in [1.29, 1.82) is 0 Å². The Balaban J connectivity index is 3.17. The van der Waals surface area contributed by atoms with Gasteiger partial charge in [0.1, 0.15) is 11.9 Å². The van der Waals surface area contributed by atoms with Crippen LogP contribution in [0.3, 0.4) is 0 Å². The van der Waals surface area contributed by atoms with Gasteiger partial charge in [0.2, 0.25) is 11.7 Å². The summed E-state index contributed by atoms with van der Waals surface area (Å²) in [6, 6.07) is -0.288. The van der Waals surface area contributed by atoms with Gasteiger partial charge < -0.3 is 11.1 Å². The summed E-state index contributed by atoms with van der Waals surface area (Å²) in [6.07, 6.45) is 0. The molecule has 0 aromatic heterocycles. The lowest BCUT2D eigenvalue weighted by molar-refractivity contribution is -0.387. The van der Waals surface area contributed by atoms with Crippen molar-refractivity contribution in [2.75, 3.05) is 0 Å². The molecule has 0 bridgehead atoms. The quantitative estimate of drug-likeness (QED) is 0.613. The fourth-order valence-corrected chi connectivity index (χ4v) is 1.22. The topological polar surface area (TPSA) is 115 Å². The number of carbonyl (C=O) groups is 2. The average Bonchev–Trinajstić information content (AvgIpc) is 2.30. The zero-order valence-electron chi connectivity index (χ0n) is 9.65. The second-order valence-electron chi connectivity index (χ2n) is 3.64. The highest BCUT2D eigenvalue weighted by Crippen LogP contribution is 2.22. The summed E-state index contributed by atoms with van der Waals surface area (Å²) >= 11 is 0. The van der Waals surface area contributed by atoms with Crippen LogP contribution < -0.4 is 11.1 Å². The minimum atomic E-state index is -1.49. The van der Waals surface area contributed by atoms with Crippen molar-refractivity contribution in [3.63, 3.8) is 0 Å². The summed E-state index contributed by atoms with van der Waals surface area (Å²) < 4.78 is 26.7. The number of nitro groups is 1. The van der Waals surface area contributed by atoms with E-state index in [0.29, 0.717) is 12.1 Å². The number of benzene rings is 1. The number of carbonyl (C=O) groups excluding carboxylic acids is 2. The number of nitro benzene ring substituents is 1. The Bertz CT molecular complexity index is 562. The number of nitrogens with one attached hydrogen (secondary N) is 1. The zero-order valence-corrected chi connectivity index (χ0v) is 9.65. The van der Waals surface area contributed by atoms with Crippen molar-refractivity contribution < 1.29 is 23.3 Å². The van der Waals surface area contributed by atoms with E-state index in [1.165, 1.54) is 6.92 Å². The molecule has 1 aromatic rings. The summed E-state index contributed by atoms with van der Waals surface area (Å²) in [7, 11) is 0. The highest BCUT2D eigenvalue weighted by molar-refractivity contribution is 5.97. The molecule has 0 fully saturated rings. The minimum Gasteiger partial charge on any atom is -0.368 e. The van der Waals surface area contributed by atoms with Gasteiger partial charge in [0.15, 0.2) is 0 Å². The fraction of sp³-hybridized carbons (Fsp3) is 0.200. The van der Waals surface area contributed by atoms with Gasteiger partial charge in [-0.25, -0.2) is 4.39 Å². The molecule has 1 aromatic carbocycles. The van der Waals surface area contributed by atoms with Crippen molar-refractivity contribution in [2.24, 2.45) is 5.73 Å². The molecule has 7 nitrogen and oxygen atoms in total. The third-order valence-electron chi connectivity index (χ3n) is 2.23. The first-order valence-electron chi connectivity index (χ1n) is 4.97. The van der Waals surface area contributed by atoms with Crippen LogP contribution in [0.4, 0.5) is 14.5 Å². The lowest BCUT2D eigenvalue weighted by Crippen LogP contribution is -2.42. The Labute approximate surface area is 105 Å². The van der Waals surface area contributed by atoms with Crippen molar-refractivity contribution in [1.82, 2.24) is 5.32 Å². The van der Waals surface area contributed by atoms with E-state index in [4.69, 9.17) is 5.73 Å². The summed E-state index contributed by atoms with van der Waals surface area (Å²) in [5.41, 5.74) is 2.83. The van der Waals surface area contributed by atoms with Gasteiger partial charge in [-0.2, -0.15) is 4.39 Å². The van der Waals surface area contributed by atoms with Crippen molar-refractivity contribution >= 4 is 17.5 Å². The molecule has 9 heteroatoms. The molecule has 2 amide bonds. The van der Waals surface area contributed by atoms with Gasteiger partial charge in [0.05, 0.1) is 16.6 Å². The highest BCUT2D eigenvalue weighted by Gasteiger charge is 2.25. The maximum atomic E-state index is 13.6. The van der Waals surface area contributed by atoms with Crippen LogP contribution in [0.2, 0.25) is 0 Å². The fourth-order valence-electron chi connectivity index (χ4n) is 1.22. The van der Waals surface area contributed by atoms with E-state index in [9.17, 15) is 28.5 Å². The third-order valence-corrected chi connectivity index (χ3v) is 2.23. The Kier molecular flexibility index (Phi) is 4.10. The largest absolute Gasteiger partial charge is 0.368 e. The second kappa shape index (κ2) is 5.38. The van der Waals surface area contributed by atoms with Gasteiger partial charge in [-0.1, -0.05) is 0 Å². The minimum absolute atomic E-state index is 0.351. The molecular formula is C10H9F2N3O4. The smallest absolute Gasteiger partial charge is 0.308 e. The molecule has 0 saturated heterocycles.